The number of aryl methyl sites for hydroxylation is 2. The van der Waals surface area contributed by atoms with Crippen LogP contribution in [0.25, 0.3) is 16.8 Å². The molecule has 0 radical (unpaired) electrons. The number of aromatic nitrogens is 7. The van der Waals surface area contributed by atoms with Gasteiger partial charge in [0.2, 0.25) is 0 Å². The second kappa shape index (κ2) is 8.56. The Morgan fingerprint density at radius 1 is 1.05 bits per heavy atom. The van der Waals surface area contributed by atoms with Crippen LogP contribution in [0, 0.1) is 18.8 Å². The second-order valence-corrected chi connectivity index (χ2v) is 8.54. The average molecular weight is 504 g/mol. The molecule has 37 heavy (non-hydrogen) atoms. The lowest BCUT2D eigenvalue weighted by atomic mass is 10.0. The van der Waals surface area contributed by atoms with Gasteiger partial charge in [0.05, 0.1) is 30.4 Å². The first kappa shape index (κ1) is 22.9. The summed E-state index contributed by atoms with van der Waals surface area (Å²) in [6, 6.07) is 8.06. The molecular formula is C25H19F3N8O. The molecule has 0 atom stereocenters. The summed E-state index contributed by atoms with van der Waals surface area (Å²) in [5, 5.41) is 12.7. The number of pyridine rings is 1. The maximum atomic E-state index is 13.5. The summed E-state index contributed by atoms with van der Waals surface area (Å²) in [4.78, 5) is 10.6. The molecule has 4 aromatic heterocycles. The number of ether oxygens (including phenoxy) is 1. The standard InChI is InChI=1S/C25H19F3N8O/c1-15-32-33-24-31-22(18-8-9-21(25(26,27)28)30-23(18)36(15)24)35-10-11-37-14-19-17(4-3-5-20(19)35)7-6-16-12-29-34(2)13-16/h3-5,8-9,12-13H,10-11,14H2,1-2H3. The van der Waals surface area contributed by atoms with E-state index in [1.165, 1.54) is 10.5 Å². The molecule has 0 fully saturated rings. The highest BCUT2D eigenvalue weighted by Crippen LogP contribution is 2.37. The van der Waals surface area contributed by atoms with Gasteiger partial charge in [0, 0.05) is 36.6 Å². The molecule has 1 aliphatic rings. The van der Waals surface area contributed by atoms with Gasteiger partial charge in [0.25, 0.3) is 5.78 Å². The van der Waals surface area contributed by atoms with Crippen molar-refractivity contribution in [3.63, 3.8) is 0 Å². The van der Waals surface area contributed by atoms with Crippen molar-refractivity contribution in [3.8, 4) is 11.8 Å². The predicted octanol–water partition coefficient (Wildman–Crippen LogP) is 3.80. The lowest BCUT2D eigenvalue weighted by Gasteiger charge is -2.25. The van der Waals surface area contributed by atoms with Crippen LogP contribution in [0.15, 0.2) is 42.7 Å². The van der Waals surface area contributed by atoms with Crippen molar-refractivity contribution >= 4 is 28.3 Å². The van der Waals surface area contributed by atoms with Gasteiger partial charge in [0.15, 0.2) is 5.65 Å². The molecule has 6 rings (SSSR count). The lowest BCUT2D eigenvalue weighted by molar-refractivity contribution is -0.141. The number of benzene rings is 1. The second-order valence-electron chi connectivity index (χ2n) is 8.54. The largest absolute Gasteiger partial charge is 0.433 e. The normalized spacial score (nSPS) is 13.9. The number of halogens is 3. The molecular weight excluding hydrogens is 485 g/mol. The van der Waals surface area contributed by atoms with E-state index >= 15 is 0 Å². The topological polar surface area (TPSA) is 86.3 Å². The maximum absolute atomic E-state index is 13.5. The average Bonchev–Trinajstić information content (AvgIpc) is 3.39. The van der Waals surface area contributed by atoms with Crippen LogP contribution in [0.5, 0.6) is 0 Å². The van der Waals surface area contributed by atoms with Gasteiger partial charge in [-0.2, -0.15) is 23.3 Å². The van der Waals surface area contributed by atoms with E-state index in [-0.39, 0.29) is 11.4 Å². The minimum absolute atomic E-state index is 0.0802. The van der Waals surface area contributed by atoms with Crippen LogP contribution in [-0.4, -0.2) is 47.5 Å². The van der Waals surface area contributed by atoms with Gasteiger partial charge < -0.3 is 9.64 Å². The molecule has 0 saturated carbocycles. The predicted molar refractivity (Wildman–Crippen MR) is 128 cm³/mol. The third-order valence-electron chi connectivity index (χ3n) is 6.08. The Morgan fingerprint density at radius 3 is 2.70 bits per heavy atom. The Balaban J connectivity index is 1.55. The number of anilines is 2. The number of rotatable bonds is 1. The van der Waals surface area contributed by atoms with Gasteiger partial charge in [0.1, 0.15) is 17.3 Å². The van der Waals surface area contributed by atoms with Crippen LogP contribution in [-0.2, 0) is 24.6 Å². The van der Waals surface area contributed by atoms with Crippen LogP contribution in [0.2, 0.25) is 0 Å². The molecule has 1 aromatic carbocycles. The highest BCUT2D eigenvalue weighted by molar-refractivity contribution is 5.92. The summed E-state index contributed by atoms with van der Waals surface area (Å²) in [5.74, 6) is 7.29. The molecule has 0 spiro atoms. The molecule has 0 N–H and O–H groups in total. The van der Waals surface area contributed by atoms with E-state index in [9.17, 15) is 13.2 Å². The SMILES string of the molecule is Cc1nnc2nc(N3CCOCc4c(C#Cc5cnn(C)c5)cccc43)c3ccc(C(F)(F)F)nc3n12. The minimum atomic E-state index is -4.60. The van der Waals surface area contributed by atoms with Gasteiger partial charge in [-0.25, -0.2) is 9.38 Å². The van der Waals surface area contributed by atoms with Crippen molar-refractivity contribution in [3.05, 3.63) is 70.9 Å². The molecule has 5 heterocycles. The van der Waals surface area contributed by atoms with Gasteiger partial charge in [-0.1, -0.05) is 17.9 Å². The van der Waals surface area contributed by atoms with Crippen molar-refractivity contribution in [2.75, 3.05) is 18.1 Å². The Morgan fingerprint density at radius 2 is 1.92 bits per heavy atom. The number of hydrogen-bond acceptors (Lipinski definition) is 7. The van der Waals surface area contributed by atoms with E-state index in [4.69, 9.17) is 9.72 Å². The molecule has 1 aliphatic heterocycles. The molecule has 0 amide bonds. The summed E-state index contributed by atoms with van der Waals surface area (Å²) in [5.41, 5.74) is 2.27. The van der Waals surface area contributed by atoms with Crippen LogP contribution in [0.1, 0.15) is 28.2 Å². The summed E-state index contributed by atoms with van der Waals surface area (Å²) >= 11 is 0. The molecule has 0 saturated heterocycles. The number of alkyl halides is 3. The Hall–Kier alpha value is -4.50. The fraction of sp³-hybridized carbons (Fsp3) is 0.240. The molecule has 0 aliphatic carbocycles. The highest BCUT2D eigenvalue weighted by atomic mass is 19.4. The molecule has 12 heteroatoms. The first-order valence-corrected chi connectivity index (χ1v) is 11.4. The minimum Gasteiger partial charge on any atom is -0.375 e. The quantitative estimate of drug-likeness (QED) is 0.321. The van der Waals surface area contributed by atoms with Gasteiger partial charge >= 0.3 is 6.18 Å². The molecule has 0 unspecified atom stereocenters. The third kappa shape index (κ3) is 4.03. The van der Waals surface area contributed by atoms with Crippen LogP contribution >= 0.6 is 0 Å². The zero-order valence-corrected chi connectivity index (χ0v) is 19.8. The number of fused-ring (bicyclic) bond motifs is 4. The molecule has 9 nitrogen and oxygen atoms in total. The van der Waals surface area contributed by atoms with Crippen LogP contribution in [0.3, 0.4) is 0 Å². The van der Waals surface area contributed by atoms with E-state index in [2.05, 4.69) is 32.1 Å². The van der Waals surface area contributed by atoms with Gasteiger partial charge in [-0.05, 0) is 31.2 Å². The highest BCUT2D eigenvalue weighted by Gasteiger charge is 2.34. The van der Waals surface area contributed by atoms with E-state index in [1.807, 2.05) is 36.3 Å². The van der Waals surface area contributed by atoms with Crippen molar-refractivity contribution in [2.45, 2.75) is 19.7 Å². The number of hydrogen-bond donors (Lipinski definition) is 0. The Labute approximate surface area is 208 Å². The van der Waals surface area contributed by atoms with Crippen molar-refractivity contribution in [2.24, 2.45) is 7.05 Å². The molecule has 186 valence electrons. The molecule has 5 aromatic rings. The van der Waals surface area contributed by atoms with Gasteiger partial charge in [-0.15, -0.1) is 10.2 Å². The van der Waals surface area contributed by atoms with Crippen molar-refractivity contribution in [1.82, 2.24) is 34.3 Å². The molecule has 0 bridgehead atoms. The third-order valence-corrected chi connectivity index (χ3v) is 6.08. The smallest absolute Gasteiger partial charge is 0.375 e. The van der Waals surface area contributed by atoms with Crippen LogP contribution < -0.4 is 4.90 Å². The summed E-state index contributed by atoms with van der Waals surface area (Å²) in [6.45, 7) is 2.76. The van der Waals surface area contributed by atoms with E-state index in [0.717, 1.165) is 28.4 Å². The maximum Gasteiger partial charge on any atom is 0.433 e. The zero-order valence-electron chi connectivity index (χ0n) is 19.8. The van der Waals surface area contributed by atoms with E-state index < -0.39 is 11.9 Å². The lowest BCUT2D eigenvalue weighted by Crippen LogP contribution is -2.23. The van der Waals surface area contributed by atoms with Crippen molar-refractivity contribution < 1.29 is 17.9 Å². The monoisotopic (exact) mass is 504 g/mol. The summed E-state index contributed by atoms with van der Waals surface area (Å²) in [6.07, 6.45) is -1.09. The Bertz CT molecular complexity index is 1730. The summed E-state index contributed by atoms with van der Waals surface area (Å²) < 4.78 is 49.6. The van der Waals surface area contributed by atoms with E-state index in [0.29, 0.717) is 36.8 Å². The fourth-order valence-corrected chi connectivity index (χ4v) is 4.38. The van der Waals surface area contributed by atoms with Crippen molar-refractivity contribution in [1.29, 1.82) is 0 Å². The number of nitrogens with zero attached hydrogens (tertiary/aromatic N) is 8. The van der Waals surface area contributed by atoms with Crippen LogP contribution in [0.4, 0.5) is 24.7 Å². The Kier molecular flexibility index (Phi) is 5.31. The zero-order chi connectivity index (χ0) is 25.7. The fourth-order valence-electron chi connectivity index (χ4n) is 4.38. The van der Waals surface area contributed by atoms with Gasteiger partial charge in [-0.3, -0.25) is 4.68 Å². The summed E-state index contributed by atoms with van der Waals surface area (Å²) in [7, 11) is 1.82. The first-order chi connectivity index (χ1) is 17.8. The van der Waals surface area contributed by atoms with E-state index in [1.54, 1.807) is 17.8 Å². The first-order valence-electron chi connectivity index (χ1n) is 11.4.